The lowest BCUT2D eigenvalue weighted by Crippen LogP contribution is -2.30. The van der Waals surface area contributed by atoms with Crippen molar-refractivity contribution in [3.63, 3.8) is 0 Å². The van der Waals surface area contributed by atoms with E-state index in [4.69, 9.17) is 0 Å². The van der Waals surface area contributed by atoms with Gasteiger partial charge in [-0.05, 0) is 64.6 Å². The summed E-state index contributed by atoms with van der Waals surface area (Å²) in [5.41, 5.74) is 3.70. The van der Waals surface area contributed by atoms with E-state index in [1.165, 1.54) is 29.5 Å². The van der Waals surface area contributed by atoms with Crippen LogP contribution in [-0.2, 0) is 4.79 Å². The van der Waals surface area contributed by atoms with Crippen molar-refractivity contribution in [1.29, 1.82) is 0 Å². The third-order valence-electron chi connectivity index (χ3n) is 4.36. The first-order chi connectivity index (χ1) is 10.0. The minimum atomic E-state index is 0. The Morgan fingerprint density at radius 1 is 1.23 bits per heavy atom. The predicted octanol–water partition coefficient (Wildman–Crippen LogP) is 3.68. The zero-order chi connectivity index (χ0) is 15.2. The molecule has 2 rings (SSSR count). The Hall–Kier alpha value is -1.06. The maximum atomic E-state index is 12.1. The Labute approximate surface area is 140 Å². The van der Waals surface area contributed by atoms with Crippen LogP contribution in [0.25, 0.3) is 0 Å². The molecular formula is C18H29ClN2O. The molecule has 1 saturated heterocycles. The van der Waals surface area contributed by atoms with Crippen LogP contribution in [-0.4, -0.2) is 19.0 Å². The first-order valence-corrected chi connectivity index (χ1v) is 8.13. The number of hydrogen-bond donors (Lipinski definition) is 2. The zero-order valence-electron chi connectivity index (χ0n) is 13.9. The van der Waals surface area contributed by atoms with E-state index in [0.29, 0.717) is 12.3 Å². The molecule has 1 atom stereocenters. The largest absolute Gasteiger partial charge is 0.350 e. The summed E-state index contributed by atoms with van der Waals surface area (Å²) >= 11 is 0. The van der Waals surface area contributed by atoms with E-state index in [9.17, 15) is 4.79 Å². The molecule has 0 aliphatic carbocycles. The lowest BCUT2D eigenvalue weighted by Gasteiger charge is -2.22. The molecule has 2 N–H and O–H groups in total. The summed E-state index contributed by atoms with van der Waals surface area (Å²) in [4.78, 5) is 12.1. The van der Waals surface area contributed by atoms with Crippen molar-refractivity contribution in [3.05, 3.63) is 34.9 Å². The van der Waals surface area contributed by atoms with Gasteiger partial charge >= 0.3 is 0 Å². The minimum Gasteiger partial charge on any atom is -0.350 e. The Morgan fingerprint density at radius 2 is 1.82 bits per heavy atom. The number of hydrogen-bond acceptors (Lipinski definition) is 2. The molecule has 0 spiro atoms. The zero-order valence-corrected chi connectivity index (χ0v) is 14.8. The summed E-state index contributed by atoms with van der Waals surface area (Å²) in [6.45, 7) is 8.47. The lowest BCUT2D eigenvalue weighted by molar-refractivity contribution is -0.122. The van der Waals surface area contributed by atoms with Crippen molar-refractivity contribution in [1.82, 2.24) is 10.6 Å². The SMILES string of the molecule is Cc1cc(C)cc(C(C)NC(=O)CCC2CCNCC2)c1.Cl. The van der Waals surface area contributed by atoms with Crippen LogP contribution in [0.5, 0.6) is 0 Å². The van der Waals surface area contributed by atoms with Crippen molar-refractivity contribution in [2.24, 2.45) is 5.92 Å². The van der Waals surface area contributed by atoms with Gasteiger partial charge in [0, 0.05) is 6.42 Å². The molecule has 1 aliphatic heterocycles. The number of nitrogens with one attached hydrogen (secondary N) is 2. The molecule has 1 aromatic rings. The topological polar surface area (TPSA) is 41.1 Å². The molecule has 1 heterocycles. The highest BCUT2D eigenvalue weighted by Gasteiger charge is 2.16. The molecule has 0 bridgehead atoms. The van der Waals surface area contributed by atoms with Crippen molar-refractivity contribution in [2.75, 3.05) is 13.1 Å². The highest BCUT2D eigenvalue weighted by Crippen LogP contribution is 2.19. The lowest BCUT2D eigenvalue weighted by atomic mass is 9.93. The number of halogens is 1. The van der Waals surface area contributed by atoms with Gasteiger partial charge < -0.3 is 10.6 Å². The Kier molecular flexibility index (Phi) is 7.91. The smallest absolute Gasteiger partial charge is 0.220 e. The highest BCUT2D eigenvalue weighted by molar-refractivity contribution is 5.85. The molecule has 0 radical (unpaired) electrons. The van der Waals surface area contributed by atoms with Gasteiger partial charge in [-0.25, -0.2) is 0 Å². The molecule has 3 nitrogen and oxygen atoms in total. The van der Waals surface area contributed by atoms with Crippen LogP contribution >= 0.6 is 12.4 Å². The average Bonchev–Trinajstić information content (AvgIpc) is 2.45. The van der Waals surface area contributed by atoms with E-state index in [1.807, 2.05) is 0 Å². The maximum Gasteiger partial charge on any atom is 0.220 e. The van der Waals surface area contributed by atoms with Gasteiger partial charge in [0.1, 0.15) is 0 Å². The molecule has 0 aromatic heterocycles. The standard InChI is InChI=1S/C18H28N2O.ClH/c1-13-10-14(2)12-17(11-13)15(3)20-18(21)5-4-16-6-8-19-9-7-16;/h10-12,15-16,19H,4-9H2,1-3H3,(H,20,21);1H. The molecule has 1 unspecified atom stereocenters. The van der Waals surface area contributed by atoms with E-state index in [0.717, 1.165) is 19.5 Å². The van der Waals surface area contributed by atoms with Crippen LogP contribution < -0.4 is 10.6 Å². The third kappa shape index (κ3) is 5.98. The van der Waals surface area contributed by atoms with Crippen molar-refractivity contribution < 1.29 is 4.79 Å². The van der Waals surface area contributed by atoms with E-state index >= 15 is 0 Å². The van der Waals surface area contributed by atoms with E-state index in [-0.39, 0.29) is 24.4 Å². The number of amides is 1. The first-order valence-electron chi connectivity index (χ1n) is 8.13. The highest BCUT2D eigenvalue weighted by atomic mass is 35.5. The second-order valence-corrected chi connectivity index (χ2v) is 6.44. The normalized spacial score (nSPS) is 16.7. The number of benzene rings is 1. The van der Waals surface area contributed by atoms with Crippen molar-refractivity contribution in [2.45, 2.75) is 52.5 Å². The summed E-state index contributed by atoms with van der Waals surface area (Å²) in [5.74, 6) is 0.897. The van der Waals surface area contributed by atoms with Gasteiger partial charge in [0.2, 0.25) is 5.91 Å². The fourth-order valence-electron chi connectivity index (χ4n) is 3.16. The molecule has 1 amide bonds. The summed E-state index contributed by atoms with van der Waals surface area (Å²) in [6.07, 6.45) is 4.09. The number of rotatable bonds is 5. The Bertz CT molecular complexity index is 464. The molecule has 1 aromatic carbocycles. The molecule has 0 saturated carbocycles. The van der Waals surface area contributed by atoms with Crippen LogP contribution in [0.4, 0.5) is 0 Å². The summed E-state index contributed by atoms with van der Waals surface area (Å²) < 4.78 is 0. The molecule has 124 valence electrons. The van der Waals surface area contributed by atoms with Gasteiger partial charge in [-0.2, -0.15) is 0 Å². The monoisotopic (exact) mass is 324 g/mol. The van der Waals surface area contributed by atoms with Crippen molar-refractivity contribution in [3.8, 4) is 0 Å². The van der Waals surface area contributed by atoms with Crippen molar-refractivity contribution >= 4 is 18.3 Å². The average molecular weight is 325 g/mol. The van der Waals surface area contributed by atoms with Crippen LogP contribution in [0.15, 0.2) is 18.2 Å². The Balaban J connectivity index is 0.00000242. The van der Waals surface area contributed by atoms with Gasteiger partial charge in [0.15, 0.2) is 0 Å². The van der Waals surface area contributed by atoms with Gasteiger partial charge in [0.05, 0.1) is 6.04 Å². The third-order valence-corrected chi connectivity index (χ3v) is 4.36. The fourth-order valence-corrected chi connectivity index (χ4v) is 3.16. The van der Waals surface area contributed by atoms with Gasteiger partial charge in [0.25, 0.3) is 0 Å². The number of carbonyl (C=O) groups excluding carboxylic acids is 1. The van der Waals surface area contributed by atoms with Gasteiger partial charge in [-0.15, -0.1) is 12.4 Å². The summed E-state index contributed by atoms with van der Waals surface area (Å²) in [5, 5.41) is 6.50. The van der Waals surface area contributed by atoms with E-state index in [2.05, 4.69) is 49.6 Å². The van der Waals surface area contributed by atoms with Crippen LogP contribution in [0.2, 0.25) is 0 Å². The second kappa shape index (κ2) is 9.16. The number of piperidine rings is 1. The number of carbonyl (C=O) groups is 1. The molecule has 1 fully saturated rings. The molecule has 4 heteroatoms. The van der Waals surface area contributed by atoms with E-state index < -0.39 is 0 Å². The van der Waals surface area contributed by atoms with Crippen LogP contribution in [0.1, 0.15) is 55.3 Å². The number of aryl methyl sites for hydroxylation is 2. The second-order valence-electron chi connectivity index (χ2n) is 6.44. The summed E-state index contributed by atoms with van der Waals surface area (Å²) in [6, 6.07) is 6.56. The molecule has 22 heavy (non-hydrogen) atoms. The fraction of sp³-hybridized carbons (Fsp3) is 0.611. The van der Waals surface area contributed by atoms with E-state index in [1.54, 1.807) is 0 Å². The predicted molar refractivity (Wildman–Crippen MR) is 94.5 cm³/mol. The van der Waals surface area contributed by atoms with Crippen LogP contribution in [0.3, 0.4) is 0 Å². The maximum absolute atomic E-state index is 12.1. The van der Waals surface area contributed by atoms with Gasteiger partial charge in [-0.3, -0.25) is 4.79 Å². The summed E-state index contributed by atoms with van der Waals surface area (Å²) in [7, 11) is 0. The minimum absolute atomic E-state index is 0. The quantitative estimate of drug-likeness (QED) is 0.867. The molecular weight excluding hydrogens is 296 g/mol. The van der Waals surface area contributed by atoms with Gasteiger partial charge in [-0.1, -0.05) is 29.3 Å². The van der Waals surface area contributed by atoms with Crippen LogP contribution in [0, 0.1) is 19.8 Å². The first kappa shape index (κ1) is 19.0. The Morgan fingerprint density at radius 3 is 2.41 bits per heavy atom. The molecule has 1 aliphatic rings.